The first-order valence-electron chi connectivity index (χ1n) is 3.93. The minimum absolute atomic E-state index is 0.110. The van der Waals surface area contributed by atoms with Crippen LogP contribution in [0.15, 0.2) is 0 Å². The van der Waals surface area contributed by atoms with Crippen molar-refractivity contribution >= 4 is 12.0 Å². The number of hydrogen-bond acceptors (Lipinski definition) is 4. The van der Waals surface area contributed by atoms with Crippen LogP contribution in [0.4, 0.5) is 4.79 Å². The molecule has 0 aromatic rings. The third-order valence-electron chi connectivity index (χ3n) is 1.68. The Balaban J connectivity index is 2.30. The average Bonchev–Trinajstić information content (AvgIpc) is 2.35. The van der Waals surface area contributed by atoms with E-state index >= 15 is 0 Å². The second kappa shape index (κ2) is 4.06. The first-order chi connectivity index (χ1) is 5.75. The fourth-order valence-corrected chi connectivity index (χ4v) is 1.01. The largest absolute Gasteiger partial charge is 0.439 e. The molecule has 0 aromatic carbocycles. The van der Waals surface area contributed by atoms with Crippen LogP contribution in [-0.4, -0.2) is 36.6 Å². The second-order valence-electron chi connectivity index (χ2n) is 2.60. The van der Waals surface area contributed by atoms with Crippen molar-refractivity contribution < 1.29 is 14.3 Å². The van der Waals surface area contributed by atoms with Gasteiger partial charge in [0.1, 0.15) is 0 Å². The van der Waals surface area contributed by atoms with Crippen LogP contribution in [0, 0.1) is 0 Å². The third kappa shape index (κ3) is 1.94. The maximum absolute atomic E-state index is 10.9. The molecule has 0 aromatic heterocycles. The number of amides is 2. The van der Waals surface area contributed by atoms with Crippen LogP contribution in [0.1, 0.15) is 12.8 Å². The molecule has 1 heterocycles. The second-order valence-corrected chi connectivity index (χ2v) is 2.60. The van der Waals surface area contributed by atoms with E-state index in [1.807, 2.05) is 0 Å². The van der Waals surface area contributed by atoms with Gasteiger partial charge in [-0.2, -0.15) is 0 Å². The van der Waals surface area contributed by atoms with Gasteiger partial charge in [-0.1, -0.05) is 0 Å². The van der Waals surface area contributed by atoms with Crippen molar-refractivity contribution in [1.29, 1.82) is 0 Å². The third-order valence-corrected chi connectivity index (χ3v) is 1.68. The summed E-state index contributed by atoms with van der Waals surface area (Å²) in [7, 11) is 0. The molecule has 2 amide bonds. The minimum atomic E-state index is -0.531. The quantitative estimate of drug-likeness (QED) is 0.591. The number of nitrogens with two attached hydrogens (primary N) is 1. The molecule has 5 heteroatoms. The fraction of sp³-hybridized carbons (Fsp3) is 0.714. The molecule has 0 bridgehead atoms. The van der Waals surface area contributed by atoms with Gasteiger partial charge in [0.15, 0.2) is 6.61 Å². The molecule has 0 atom stereocenters. The molecule has 12 heavy (non-hydrogen) atoms. The fourth-order valence-electron chi connectivity index (χ4n) is 1.01. The topological polar surface area (TPSA) is 72.6 Å². The smallest absolute Gasteiger partial charge is 0.417 e. The van der Waals surface area contributed by atoms with E-state index in [2.05, 4.69) is 4.74 Å². The minimum Gasteiger partial charge on any atom is -0.439 e. The van der Waals surface area contributed by atoms with Gasteiger partial charge in [-0.15, -0.1) is 0 Å². The summed E-state index contributed by atoms with van der Waals surface area (Å²) < 4.78 is 4.51. The molecular weight excluding hydrogens is 160 g/mol. The van der Waals surface area contributed by atoms with E-state index in [0.29, 0.717) is 13.1 Å². The molecule has 68 valence electrons. The summed E-state index contributed by atoms with van der Waals surface area (Å²) >= 11 is 0. The summed E-state index contributed by atoms with van der Waals surface area (Å²) in [5, 5.41) is 0. The standard InChI is InChI=1S/C7H12N2O3/c8-3-1-2-4-9-6(10)5-12-7(9)11/h1-5,8H2. The maximum Gasteiger partial charge on any atom is 0.417 e. The van der Waals surface area contributed by atoms with Gasteiger partial charge >= 0.3 is 6.09 Å². The summed E-state index contributed by atoms with van der Waals surface area (Å²) in [6, 6.07) is 0. The molecule has 2 N–H and O–H groups in total. The van der Waals surface area contributed by atoms with Gasteiger partial charge in [-0.05, 0) is 19.4 Å². The Morgan fingerprint density at radius 3 is 2.67 bits per heavy atom. The van der Waals surface area contributed by atoms with E-state index in [1.165, 1.54) is 0 Å². The Labute approximate surface area is 70.5 Å². The molecule has 1 fully saturated rings. The Kier molecular flexibility index (Phi) is 3.04. The molecule has 1 rings (SSSR count). The summed E-state index contributed by atoms with van der Waals surface area (Å²) in [5.41, 5.74) is 5.26. The number of rotatable bonds is 4. The van der Waals surface area contributed by atoms with Gasteiger partial charge in [-0.3, -0.25) is 4.79 Å². The van der Waals surface area contributed by atoms with E-state index in [-0.39, 0.29) is 12.5 Å². The van der Waals surface area contributed by atoms with Crippen LogP contribution in [0.2, 0.25) is 0 Å². The Bertz CT molecular complexity index is 177. The Morgan fingerprint density at radius 2 is 2.17 bits per heavy atom. The van der Waals surface area contributed by atoms with Gasteiger partial charge in [0, 0.05) is 6.54 Å². The highest BCUT2D eigenvalue weighted by atomic mass is 16.6. The van der Waals surface area contributed by atoms with Crippen LogP contribution in [0.25, 0.3) is 0 Å². The number of hydrogen-bond donors (Lipinski definition) is 1. The number of cyclic esters (lactones) is 1. The van der Waals surface area contributed by atoms with Crippen molar-refractivity contribution in [2.24, 2.45) is 5.73 Å². The molecular formula is C7H12N2O3. The highest BCUT2D eigenvalue weighted by Gasteiger charge is 2.29. The van der Waals surface area contributed by atoms with Gasteiger partial charge in [0.25, 0.3) is 5.91 Å². The van der Waals surface area contributed by atoms with E-state index < -0.39 is 6.09 Å². The lowest BCUT2D eigenvalue weighted by molar-refractivity contribution is -0.125. The number of nitrogens with zero attached hydrogens (tertiary/aromatic N) is 1. The lowest BCUT2D eigenvalue weighted by atomic mass is 10.3. The van der Waals surface area contributed by atoms with Crippen molar-refractivity contribution in [3.8, 4) is 0 Å². The molecule has 1 aliphatic heterocycles. The zero-order valence-corrected chi connectivity index (χ0v) is 6.78. The molecule has 0 aliphatic carbocycles. The molecule has 1 saturated heterocycles. The van der Waals surface area contributed by atoms with Crippen LogP contribution >= 0.6 is 0 Å². The van der Waals surface area contributed by atoms with Gasteiger partial charge < -0.3 is 10.5 Å². The van der Waals surface area contributed by atoms with Crippen molar-refractivity contribution in [3.05, 3.63) is 0 Å². The van der Waals surface area contributed by atoms with Gasteiger partial charge in [-0.25, -0.2) is 9.69 Å². The monoisotopic (exact) mass is 172 g/mol. The predicted octanol–water partition coefficient (Wildman–Crippen LogP) is -0.296. The normalized spacial score (nSPS) is 16.9. The number of carbonyl (C=O) groups is 2. The molecule has 0 spiro atoms. The number of imide groups is 1. The van der Waals surface area contributed by atoms with E-state index in [4.69, 9.17) is 5.73 Å². The Hall–Kier alpha value is -1.10. The van der Waals surface area contributed by atoms with Crippen molar-refractivity contribution in [1.82, 2.24) is 4.90 Å². The SMILES string of the molecule is NCCCCN1C(=O)COC1=O. The number of carbonyl (C=O) groups excluding carboxylic acids is 2. The zero-order valence-electron chi connectivity index (χ0n) is 6.78. The molecule has 0 radical (unpaired) electrons. The molecule has 0 unspecified atom stereocenters. The lowest BCUT2D eigenvalue weighted by Crippen LogP contribution is -2.30. The summed E-state index contributed by atoms with van der Waals surface area (Å²) in [6.45, 7) is 0.896. The van der Waals surface area contributed by atoms with Crippen LogP contribution in [0.5, 0.6) is 0 Å². The van der Waals surface area contributed by atoms with Crippen LogP contribution in [-0.2, 0) is 9.53 Å². The first kappa shape index (κ1) is 8.99. The molecule has 1 aliphatic rings. The lowest BCUT2D eigenvalue weighted by Gasteiger charge is -2.08. The van der Waals surface area contributed by atoms with Crippen LogP contribution < -0.4 is 5.73 Å². The summed E-state index contributed by atoms with van der Waals surface area (Å²) in [6.07, 6.45) is 1.03. The maximum atomic E-state index is 10.9. The van der Waals surface area contributed by atoms with Gasteiger partial charge in [0.05, 0.1) is 0 Å². The molecule has 0 saturated carbocycles. The Morgan fingerprint density at radius 1 is 1.42 bits per heavy atom. The summed E-state index contributed by atoms with van der Waals surface area (Å²) in [5.74, 6) is -0.253. The van der Waals surface area contributed by atoms with E-state index in [9.17, 15) is 9.59 Å². The number of ether oxygens (including phenoxy) is 1. The highest BCUT2D eigenvalue weighted by molar-refractivity contribution is 5.97. The van der Waals surface area contributed by atoms with E-state index in [1.54, 1.807) is 0 Å². The molecule has 5 nitrogen and oxygen atoms in total. The van der Waals surface area contributed by atoms with Gasteiger partial charge in [0.2, 0.25) is 0 Å². The first-order valence-corrected chi connectivity index (χ1v) is 3.93. The average molecular weight is 172 g/mol. The summed E-state index contributed by atoms with van der Waals surface area (Å²) in [4.78, 5) is 22.9. The van der Waals surface area contributed by atoms with Crippen LogP contribution in [0.3, 0.4) is 0 Å². The van der Waals surface area contributed by atoms with Crippen molar-refractivity contribution in [2.75, 3.05) is 19.7 Å². The zero-order chi connectivity index (χ0) is 8.97. The highest BCUT2D eigenvalue weighted by Crippen LogP contribution is 2.06. The number of unbranched alkanes of at least 4 members (excludes halogenated alkanes) is 1. The van der Waals surface area contributed by atoms with Crippen molar-refractivity contribution in [3.63, 3.8) is 0 Å². The predicted molar refractivity (Wildman–Crippen MR) is 41.3 cm³/mol. The van der Waals surface area contributed by atoms with Crippen molar-refractivity contribution in [2.45, 2.75) is 12.8 Å². The van der Waals surface area contributed by atoms with E-state index in [0.717, 1.165) is 17.7 Å².